The molecule has 0 aromatic heterocycles. The Bertz CT molecular complexity index is 760. The van der Waals surface area contributed by atoms with Crippen LogP contribution in [-0.2, 0) is 4.79 Å². The number of halogens is 2. The van der Waals surface area contributed by atoms with E-state index in [1.54, 1.807) is 0 Å². The summed E-state index contributed by atoms with van der Waals surface area (Å²) in [6.45, 7) is 5.82. The molecular weight excluding hydrogens is 369 g/mol. The Balaban J connectivity index is 1.48. The quantitative estimate of drug-likeness (QED) is 0.836. The molecule has 0 radical (unpaired) electrons. The van der Waals surface area contributed by atoms with Gasteiger partial charge in [0.2, 0.25) is 5.91 Å². The van der Waals surface area contributed by atoms with Gasteiger partial charge in [-0.2, -0.15) is 0 Å². The standard InChI is InChI=1S/C20H23Cl2N3O/c1-15(18-7-2-3-8-19(18)22)23-20(26)14-24-9-11-25(12-10-24)17-6-4-5-16(21)13-17/h2-8,13,15H,9-12,14H2,1H3,(H,23,26)/t15-/m1/s1. The van der Waals surface area contributed by atoms with Gasteiger partial charge in [-0.25, -0.2) is 0 Å². The minimum Gasteiger partial charge on any atom is -0.369 e. The van der Waals surface area contributed by atoms with Crippen LogP contribution in [-0.4, -0.2) is 43.5 Å². The van der Waals surface area contributed by atoms with Crippen molar-refractivity contribution in [3.05, 3.63) is 64.1 Å². The molecule has 26 heavy (non-hydrogen) atoms. The van der Waals surface area contributed by atoms with E-state index in [9.17, 15) is 4.79 Å². The number of benzene rings is 2. The van der Waals surface area contributed by atoms with Crippen molar-refractivity contribution < 1.29 is 4.79 Å². The number of piperazine rings is 1. The highest BCUT2D eigenvalue weighted by Crippen LogP contribution is 2.22. The SMILES string of the molecule is C[C@@H](NC(=O)CN1CCN(c2cccc(Cl)c2)CC1)c1ccccc1Cl. The van der Waals surface area contributed by atoms with E-state index in [0.717, 1.165) is 42.5 Å². The van der Waals surface area contributed by atoms with Gasteiger partial charge in [-0.3, -0.25) is 9.69 Å². The minimum absolute atomic E-state index is 0.0219. The summed E-state index contributed by atoms with van der Waals surface area (Å²) >= 11 is 12.3. The third-order valence-corrected chi connectivity index (χ3v) is 5.24. The van der Waals surface area contributed by atoms with E-state index in [1.807, 2.05) is 49.4 Å². The lowest BCUT2D eigenvalue weighted by atomic mass is 10.1. The summed E-state index contributed by atoms with van der Waals surface area (Å²) in [7, 11) is 0. The Morgan fingerprint density at radius 3 is 2.50 bits per heavy atom. The van der Waals surface area contributed by atoms with Crippen LogP contribution in [0.1, 0.15) is 18.5 Å². The summed E-state index contributed by atoms with van der Waals surface area (Å²) < 4.78 is 0. The van der Waals surface area contributed by atoms with Crippen molar-refractivity contribution in [3.8, 4) is 0 Å². The second kappa shape index (κ2) is 8.76. The molecule has 4 nitrogen and oxygen atoms in total. The maximum atomic E-state index is 12.4. The van der Waals surface area contributed by atoms with Crippen LogP contribution < -0.4 is 10.2 Å². The highest BCUT2D eigenvalue weighted by molar-refractivity contribution is 6.31. The maximum absolute atomic E-state index is 12.4. The summed E-state index contributed by atoms with van der Waals surface area (Å²) in [5.74, 6) is 0.0219. The summed E-state index contributed by atoms with van der Waals surface area (Å²) in [6, 6.07) is 15.4. The van der Waals surface area contributed by atoms with Crippen LogP contribution in [0.2, 0.25) is 10.0 Å². The molecule has 0 aliphatic carbocycles. The zero-order chi connectivity index (χ0) is 18.5. The summed E-state index contributed by atoms with van der Waals surface area (Å²) in [5.41, 5.74) is 2.07. The molecule has 1 aliphatic heterocycles. The second-order valence-corrected chi connectivity index (χ2v) is 7.40. The number of nitrogens with zero attached hydrogens (tertiary/aromatic N) is 2. The van der Waals surface area contributed by atoms with Crippen LogP contribution in [0.4, 0.5) is 5.69 Å². The first-order valence-corrected chi connectivity index (χ1v) is 9.55. The maximum Gasteiger partial charge on any atom is 0.234 e. The fourth-order valence-corrected chi connectivity index (χ4v) is 3.72. The molecule has 1 aliphatic rings. The molecule has 1 N–H and O–H groups in total. The highest BCUT2D eigenvalue weighted by atomic mass is 35.5. The topological polar surface area (TPSA) is 35.6 Å². The van der Waals surface area contributed by atoms with Gasteiger partial charge in [-0.05, 0) is 36.8 Å². The van der Waals surface area contributed by atoms with Gasteiger partial charge in [0, 0.05) is 41.9 Å². The predicted octanol–water partition coefficient (Wildman–Crippen LogP) is 3.99. The van der Waals surface area contributed by atoms with Crippen molar-refractivity contribution in [1.82, 2.24) is 10.2 Å². The number of hydrogen-bond donors (Lipinski definition) is 1. The first-order valence-electron chi connectivity index (χ1n) is 8.79. The number of rotatable bonds is 5. The molecule has 1 amide bonds. The van der Waals surface area contributed by atoms with Gasteiger partial charge in [-0.15, -0.1) is 0 Å². The van der Waals surface area contributed by atoms with Crippen LogP contribution >= 0.6 is 23.2 Å². The lowest BCUT2D eigenvalue weighted by molar-refractivity contribution is -0.123. The van der Waals surface area contributed by atoms with Crippen LogP contribution in [0.15, 0.2) is 48.5 Å². The van der Waals surface area contributed by atoms with Crippen molar-refractivity contribution in [2.75, 3.05) is 37.6 Å². The summed E-state index contributed by atoms with van der Waals surface area (Å²) in [5, 5.41) is 4.46. The molecule has 0 bridgehead atoms. The van der Waals surface area contributed by atoms with Gasteiger partial charge >= 0.3 is 0 Å². The van der Waals surface area contributed by atoms with E-state index in [1.165, 1.54) is 0 Å². The highest BCUT2D eigenvalue weighted by Gasteiger charge is 2.20. The van der Waals surface area contributed by atoms with Gasteiger partial charge in [0.05, 0.1) is 12.6 Å². The third kappa shape index (κ3) is 4.91. The molecule has 2 aromatic rings. The minimum atomic E-state index is -0.107. The normalized spacial score (nSPS) is 16.3. The molecule has 3 rings (SSSR count). The molecular formula is C20H23Cl2N3O. The van der Waals surface area contributed by atoms with Crippen molar-refractivity contribution in [2.45, 2.75) is 13.0 Å². The van der Waals surface area contributed by atoms with E-state index in [-0.39, 0.29) is 11.9 Å². The Kier molecular flexibility index (Phi) is 6.41. The van der Waals surface area contributed by atoms with E-state index < -0.39 is 0 Å². The zero-order valence-electron chi connectivity index (χ0n) is 14.8. The molecule has 1 fully saturated rings. The summed E-state index contributed by atoms with van der Waals surface area (Å²) in [4.78, 5) is 16.9. The third-order valence-electron chi connectivity index (χ3n) is 4.66. The Morgan fingerprint density at radius 1 is 1.08 bits per heavy atom. The fraction of sp³-hybridized carbons (Fsp3) is 0.350. The van der Waals surface area contributed by atoms with Crippen LogP contribution in [0.25, 0.3) is 0 Å². The van der Waals surface area contributed by atoms with Crippen molar-refractivity contribution >= 4 is 34.8 Å². The molecule has 1 saturated heterocycles. The lowest BCUT2D eigenvalue weighted by Gasteiger charge is -2.36. The molecule has 6 heteroatoms. The predicted molar refractivity (Wildman–Crippen MR) is 108 cm³/mol. The Morgan fingerprint density at radius 2 is 1.81 bits per heavy atom. The number of hydrogen-bond acceptors (Lipinski definition) is 3. The Hall–Kier alpha value is -1.75. The van der Waals surface area contributed by atoms with Crippen molar-refractivity contribution in [2.24, 2.45) is 0 Å². The monoisotopic (exact) mass is 391 g/mol. The summed E-state index contributed by atoms with van der Waals surface area (Å²) in [6.07, 6.45) is 0. The number of nitrogens with one attached hydrogen (secondary N) is 1. The fourth-order valence-electron chi connectivity index (χ4n) is 3.23. The first-order chi connectivity index (χ1) is 12.5. The van der Waals surface area contributed by atoms with Gasteiger partial charge in [0.15, 0.2) is 0 Å². The van der Waals surface area contributed by atoms with Gasteiger partial charge in [0.1, 0.15) is 0 Å². The lowest BCUT2D eigenvalue weighted by Crippen LogP contribution is -2.49. The van der Waals surface area contributed by atoms with Crippen LogP contribution in [0, 0.1) is 0 Å². The molecule has 0 saturated carbocycles. The molecule has 2 aromatic carbocycles. The first kappa shape index (κ1) is 19.0. The van der Waals surface area contributed by atoms with Gasteiger partial charge < -0.3 is 10.2 Å². The van der Waals surface area contributed by atoms with E-state index >= 15 is 0 Å². The molecule has 0 unspecified atom stereocenters. The van der Waals surface area contributed by atoms with Crippen LogP contribution in [0.3, 0.4) is 0 Å². The molecule has 1 heterocycles. The average molecular weight is 392 g/mol. The number of amides is 1. The second-order valence-electron chi connectivity index (χ2n) is 6.55. The zero-order valence-corrected chi connectivity index (χ0v) is 16.3. The number of carbonyl (C=O) groups is 1. The molecule has 1 atom stereocenters. The van der Waals surface area contributed by atoms with Crippen molar-refractivity contribution in [3.63, 3.8) is 0 Å². The van der Waals surface area contributed by atoms with E-state index in [4.69, 9.17) is 23.2 Å². The molecule has 0 spiro atoms. The average Bonchev–Trinajstić information content (AvgIpc) is 2.62. The largest absolute Gasteiger partial charge is 0.369 e. The number of anilines is 1. The van der Waals surface area contributed by atoms with E-state index in [0.29, 0.717) is 11.6 Å². The van der Waals surface area contributed by atoms with Gasteiger partial charge in [-0.1, -0.05) is 47.5 Å². The van der Waals surface area contributed by atoms with Gasteiger partial charge in [0.25, 0.3) is 0 Å². The Labute approximate surface area is 164 Å². The number of carbonyl (C=O) groups excluding carboxylic acids is 1. The smallest absolute Gasteiger partial charge is 0.234 e. The van der Waals surface area contributed by atoms with Crippen molar-refractivity contribution in [1.29, 1.82) is 0 Å². The van der Waals surface area contributed by atoms with Crippen LogP contribution in [0.5, 0.6) is 0 Å². The van der Waals surface area contributed by atoms with E-state index in [2.05, 4.69) is 21.2 Å². The molecule has 138 valence electrons.